The maximum Gasteiger partial charge on any atom is 0.245 e. The zero-order valence-corrected chi connectivity index (χ0v) is 27.3. The minimum Gasteiger partial charge on any atom is -0.355 e. The predicted molar refractivity (Wildman–Crippen MR) is 172 cm³/mol. The molecule has 10 nitrogen and oxygen atoms in total. The van der Waals surface area contributed by atoms with Gasteiger partial charge in [-0.25, -0.2) is 9.97 Å². The molecule has 0 unspecified atom stereocenters. The van der Waals surface area contributed by atoms with E-state index in [-0.39, 0.29) is 40.9 Å². The lowest BCUT2D eigenvalue weighted by Gasteiger charge is -2.37. The first-order valence-electron chi connectivity index (χ1n) is 17.1. The standard InChI is InChI=1S/C36H45N5O5/c1-4-30(43)29-15-36-12-8-11-35(20-45-22-46-21-35)10-7-5-6-9-25-13-26(27-17-37-24(3)38-18-27)14-28-33(23(2)42)39-40(34(25)28)19-32(44)41(29)31(36)16-36/h13-14,17-18,29,31H,4-12,15-16,19-22H2,1-3H3/t29-,31+,36-/m0/s1. The van der Waals surface area contributed by atoms with Crippen LogP contribution in [0.3, 0.4) is 0 Å². The van der Waals surface area contributed by atoms with Crippen LogP contribution in [0.4, 0.5) is 0 Å². The molecule has 2 bridgehead atoms. The molecule has 7 rings (SSSR count). The number of Topliss-reactive ketones (excluding diaryl/α,β-unsaturated/α-hetero) is 2. The highest BCUT2D eigenvalue weighted by atomic mass is 16.7. The molecule has 5 heterocycles. The van der Waals surface area contributed by atoms with Crippen LogP contribution in [0.2, 0.25) is 0 Å². The van der Waals surface area contributed by atoms with Gasteiger partial charge < -0.3 is 14.4 Å². The minimum absolute atomic E-state index is 0.00162. The topological polar surface area (TPSA) is 117 Å². The summed E-state index contributed by atoms with van der Waals surface area (Å²) in [7, 11) is 0. The summed E-state index contributed by atoms with van der Waals surface area (Å²) in [6, 6.07) is 3.81. The SMILES string of the molecule is CCC(=O)[C@@H]1C[C@]23CCCC4(CCCCCc5cc(-c6cnc(C)nc6)cc6c(C(C)=O)nn(c56)CC(=O)N1[C@@H]2C3)COCOC4. The minimum atomic E-state index is -0.396. The van der Waals surface area contributed by atoms with Gasteiger partial charge in [-0.05, 0) is 80.5 Å². The molecule has 0 radical (unpaired) electrons. The molecule has 2 saturated heterocycles. The van der Waals surface area contributed by atoms with Gasteiger partial charge in [0.25, 0.3) is 0 Å². The number of hydrogen-bond acceptors (Lipinski definition) is 8. The van der Waals surface area contributed by atoms with Crippen LogP contribution in [0.5, 0.6) is 0 Å². The third-order valence-electron chi connectivity index (χ3n) is 11.1. The molecular weight excluding hydrogens is 582 g/mol. The van der Waals surface area contributed by atoms with Gasteiger partial charge in [0.2, 0.25) is 5.91 Å². The molecule has 0 N–H and O–H groups in total. The van der Waals surface area contributed by atoms with E-state index >= 15 is 0 Å². The molecule has 3 fully saturated rings. The normalized spacial score (nSPS) is 26.6. The average Bonchev–Trinajstić information content (AvgIpc) is 3.45. The van der Waals surface area contributed by atoms with Crippen LogP contribution in [-0.2, 0) is 32.0 Å². The summed E-state index contributed by atoms with van der Waals surface area (Å²) < 4.78 is 13.4. The molecule has 2 aromatic heterocycles. The fraction of sp³-hybridized carbons (Fsp3) is 0.611. The number of carbonyl (C=O) groups is 3. The van der Waals surface area contributed by atoms with Crippen LogP contribution >= 0.6 is 0 Å². The van der Waals surface area contributed by atoms with Crippen LogP contribution in [0, 0.1) is 17.8 Å². The summed E-state index contributed by atoms with van der Waals surface area (Å²) in [5.74, 6) is 0.579. The van der Waals surface area contributed by atoms with Crippen LogP contribution < -0.4 is 0 Å². The summed E-state index contributed by atoms with van der Waals surface area (Å²) in [6.07, 6.45) is 13.7. The van der Waals surface area contributed by atoms with Crippen molar-refractivity contribution in [3.63, 3.8) is 0 Å². The highest BCUT2D eigenvalue weighted by molar-refractivity contribution is 6.07. The van der Waals surface area contributed by atoms with Gasteiger partial charge in [0, 0.05) is 48.1 Å². The van der Waals surface area contributed by atoms with Crippen LogP contribution in [0.25, 0.3) is 22.0 Å². The number of ketones is 2. The average molecular weight is 628 g/mol. The second-order valence-corrected chi connectivity index (χ2v) is 14.3. The molecular formula is C36H45N5O5. The van der Waals surface area contributed by atoms with Gasteiger partial charge in [-0.1, -0.05) is 26.2 Å². The van der Waals surface area contributed by atoms with Gasteiger partial charge in [0.05, 0.1) is 24.8 Å². The lowest BCUT2D eigenvalue weighted by Crippen LogP contribution is -2.44. The molecule has 3 atom stereocenters. The van der Waals surface area contributed by atoms with Crippen molar-refractivity contribution in [2.45, 2.75) is 110 Å². The van der Waals surface area contributed by atoms with Crippen molar-refractivity contribution in [1.82, 2.24) is 24.6 Å². The Labute approximate surface area is 270 Å². The zero-order valence-electron chi connectivity index (χ0n) is 27.3. The lowest BCUT2D eigenvalue weighted by molar-refractivity contribution is -0.170. The Balaban J connectivity index is 1.30. The van der Waals surface area contributed by atoms with E-state index in [1.165, 1.54) is 6.92 Å². The lowest BCUT2D eigenvalue weighted by atomic mass is 9.77. The molecule has 10 heteroatoms. The number of benzene rings is 1. The van der Waals surface area contributed by atoms with Crippen molar-refractivity contribution in [2.24, 2.45) is 10.8 Å². The molecule has 1 aliphatic carbocycles. The first-order chi connectivity index (χ1) is 22.2. The van der Waals surface area contributed by atoms with Gasteiger partial charge in [-0.2, -0.15) is 5.10 Å². The van der Waals surface area contributed by atoms with Crippen molar-refractivity contribution in [1.29, 1.82) is 0 Å². The molecule has 4 aliphatic rings. The molecule has 1 amide bonds. The van der Waals surface area contributed by atoms with Crippen molar-refractivity contribution >= 4 is 28.4 Å². The second-order valence-electron chi connectivity index (χ2n) is 14.3. The highest BCUT2D eigenvalue weighted by Gasteiger charge is 2.66. The van der Waals surface area contributed by atoms with Crippen molar-refractivity contribution in [2.75, 3.05) is 20.0 Å². The number of carbonyl (C=O) groups excluding carboxylic acids is 3. The van der Waals surface area contributed by atoms with E-state index in [2.05, 4.69) is 16.0 Å². The third-order valence-corrected chi connectivity index (χ3v) is 11.1. The quantitative estimate of drug-likeness (QED) is 0.342. The summed E-state index contributed by atoms with van der Waals surface area (Å²) in [5, 5.41) is 5.52. The zero-order chi connectivity index (χ0) is 32.1. The second kappa shape index (κ2) is 12.3. The van der Waals surface area contributed by atoms with E-state index in [9.17, 15) is 14.4 Å². The Morgan fingerprint density at radius 2 is 1.74 bits per heavy atom. The fourth-order valence-corrected chi connectivity index (χ4v) is 8.59. The van der Waals surface area contributed by atoms with Gasteiger partial charge in [0.15, 0.2) is 11.6 Å². The van der Waals surface area contributed by atoms with Crippen molar-refractivity contribution < 1.29 is 23.9 Å². The van der Waals surface area contributed by atoms with Crippen LogP contribution in [0.1, 0.15) is 99.9 Å². The van der Waals surface area contributed by atoms with E-state index in [1.54, 1.807) is 4.68 Å². The first-order valence-corrected chi connectivity index (χ1v) is 17.1. The Bertz CT molecular complexity index is 1660. The van der Waals surface area contributed by atoms with Gasteiger partial charge in [-0.3, -0.25) is 19.1 Å². The van der Waals surface area contributed by atoms with Crippen molar-refractivity contribution in [3.8, 4) is 11.1 Å². The van der Waals surface area contributed by atoms with Gasteiger partial charge >= 0.3 is 0 Å². The molecule has 244 valence electrons. The number of hydrogen-bond donors (Lipinski definition) is 0. The van der Waals surface area contributed by atoms with Crippen molar-refractivity contribution in [3.05, 3.63) is 41.6 Å². The molecule has 3 aromatic rings. The maximum absolute atomic E-state index is 14.3. The number of ether oxygens (including phenoxy) is 2. The summed E-state index contributed by atoms with van der Waals surface area (Å²) in [5.41, 5.74) is 4.03. The van der Waals surface area contributed by atoms with E-state index < -0.39 is 6.04 Å². The number of piperidine rings is 1. The molecule has 1 spiro atoms. The third kappa shape index (κ3) is 5.68. The predicted octanol–water partition coefficient (Wildman–Crippen LogP) is 5.62. The van der Waals surface area contributed by atoms with Crippen LogP contribution in [0.15, 0.2) is 24.5 Å². The van der Waals surface area contributed by atoms with Crippen LogP contribution in [-0.4, -0.2) is 74.2 Å². The summed E-state index contributed by atoms with van der Waals surface area (Å²) >= 11 is 0. The monoisotopic (exact) mass is 627 g/mol. The molecule has 46 heavy (non-hydrogen) atoms. The Hall–Kier alpha value is -3.50. The fourth-order valence-electron chi connectivity index (χ4n) is 8.59. The number of aromatic nitrogens is 4. The first kappa shape index (κ1) is 31.1. The summed E-state index contributed by atoms with van der Waals surface area (Å²) in [6.45, 7) is 7.07. The van der Waals surface area contributed by atoms with Gasteiger partial charge in [0.1, 0.15) is 24.9 Å². The molecule has 1 saturated carbocycles. The number of aryl methyl sites for hydroxylation is 2. The van der Waals surface area contributed by atoms with E-state index in [1.807, 2.05) is 37.2 Å². The number of nitrogens with zero attached hydrogens (tertiary/aromatic N) is 5. The maximum atomic E-state index is 14.3. The smallest absolute Gasteiger partial charge is 0.245 e. The molecule has 1 aromatic carbocycles. The Morgan fingerprint density at radius 3 is 2.48 bits per heavy atom. The van der Waals surface area contributed by atoms with E-state index in [0.717, 1.165) is 105 Å². The van der Waals surface area contributed by atoms with Gasteiger partial charge in [-0.15, -0.1) is 0 Å². The highest BCUT2D eigenvalue weighted by Crippen LogP contribution is 2.63. The number of rotatable bonds is 4. The Kier molecular flexibility index (Phi) is 8.30. The van der Waals surface area contributed by atoms with E-state index in [4.69, 9.17) is 14.6 Å². The van der Waals surface area contributed by atoms with E-state index in [0.29, 0.717) is 24.7 Å². The largest absolute Gasteiger partial charge is 0.355 e. The molecule has 3 aliphatic heterocycles. The number of amides is 1. The Morgan fingerprint density at radius 1 is 0.978 bits per heavy atom. The summed E-state index contributed by atoms with van der Waals surface area (Å²) in [4.78, 5) is 51.2.